The molecule has 1 aliphatic carbocycles. The molecule has 0 fully saturated rings. The second-order valence-corrected chi connectivity index (χ2v) is 10.3. The normalized spacial score (nSPS) is 18.0. The first-order chi connectivity index (χ1) is 18.1. The van der Waals surface area contributed by atoms with Gasteiger partial charge in [-0.15, -0.1) is 0 Å². The molecule has 3 aromatic carbocycles. The first-order valence-corrected chi connectivity index (χ1v) is 12.2. The van der Waals surface area contributed by atoms with Crippen LogP contribution in [0.25, 0.3) is 0 Å². The van der Waals surface area contributed by atoms with E-state index >= 15 is 4.39 Å². The number of phenolic OH excluding ortho intramolecular Hbond substituents is 1. The summed E-state index contributed by atoms with van der Waals surface area (Å²) in [5.74, 6) is -1.19. The van der Waals surface area contributed by atoms with Crippen molar-refractivity contribution in [2.75, 3.05) is 17.3 Å². The van der Waals surface area contributed by atoms with Gasteiger partial charge in [0.15, 0.2) is 5.78 Å². The van der Waals surface area contributed by atoms with Crippen LogP contribution < -0.4 is 15.0 Å². The van der Waals surface area contributed by atoms with Gasteiger partial charge in [0.2, 0.25) is 0 Å². The van der Waals surface area contributed by atoms with E-state index in [9.17, 15) is 20.0 Å². The summed E-state index contributed by atoms with van der Waals surface area (Å²) in [6, 6.07) is 16.0. The van der Waals surface area contributed by atoms with Crippen LogP contribution in [0.15, 0.2) is 71.9 Å². The number of para-hydroxylation sites is 1. The van der Waals surface area contributed by atoms with Crippen molar-refractivity contribution < 1.29 is 23.8 Å². The fourth-order valence-electron chi connectivity index (χ4n) is 5.24. The quantitative estimate of drug-likeness (QED) is 0.427. The van der Waals surface area contributed by atoms with Crippen LogP contribution in [-0.4, -0.2) is 23.9 Å². The fraction of sp³-hybridized carbons (Fsp3) is 0.233. The molecule has 5 rings (SSSR count). The SMILES string of the molecule is COc1ccc([C@H]2C3=C(CC(C)(C)CC3=O)Nc3c(O)cccc3N2C(=O)c2ccc(C#N)cc2)c(F)c1. The Bertz CT molecular complexity index is 1540. The lowest BCUT2D eigenvalue weighted by Crippen LogP contribution is -2.40. The van der Waals surface area contributed by atoms with Gasteiger partial charge >= 0.3 is 0 Å². The molecule has 8 heteroatoms. The molecule has 38 heavy (non-hydrogen) atoms. The van der Waals surface area contributed by atoms with E-state index in [-0.39, 0.29) is 45.8 Å². The molecule has 7 nitrogen and oxygen atoms in total. The number of anilines is 2. The van der Waals surface area contributed by atoms with E-state index in [1.807, 2.05) is 19.9 Å². The molecule has 3 aromatic rings. The van der Waals surface area contributed by atoms with Gasteiger partial charge in [-0.2, -0.15) is 5.26 Å². The number of fused-ring (bicyclic) bond motifs is 1. The number of amides is 1. The molecule has 1 atom stereocenters. The van der Waals surface area contributed by atoms with Crippen LogP contribution in [0, 0.1) is 22.6 Å². The Balaban J connectivity index is 1.82. The molecule has 0 bridgehead atoms. The monoisotopic (exact) mass is 511 g/mol. The molecule has 1 heterocycles. The number of ketones is 1. The highest BCUT2D eigenvalue weighted by Crippen LogP contribution is 2.51. The topological polar surface area (TPSA) is 103 Å². The zero-order chi connectivity index (χ0) is 27.2. The van der Waals surface area contributed by atoms with Crippen molar-refractivity contribution in [3.05, 3.63) is 94.4 Å². The van der Waals surface area contributed by atoms with Crippen LogP contribution in [0.2, 0.25) is 0 Å². The van der Waals surface area contributed by atoms with Gasteiger partial charge < -0.3 is 15.2 Å². The van der Waals surface area contributed by atoms with Gasteiger partial charge in [-0.05, 0) is 60.4 Å². The number of hydrogen-bond donors (Lipinski definition) is 2. The minimum absolute atomic E-state index is 0.112. The maximum atomic E-state index is 15.7. The predicted octanol–water partition coefficient (Wildman–Crippen LogP) is 5.87. The summed E-state index contributed by atoms with van der Waals surface area (Å²) in [5, 5.41) is 23.3. The first kappa shape index (κ1) is 25.0. The Kier molecular flexibility index (Phi) is 6.15. The van der Waals surface area contributed by atoms with Gasteiger partial charge in [-0.3, -0.25) is 14.5 Å². The van der Waals surface area contributed by atoms with Gasteiger partial charge in [-0.1, -0.05) is 19.9 Å². The Hall–Kier alpha value is -4.64. The lowest BCUT2D eigenvalue weighted by atomic mass is 9.73. The summed E-state index contributed by atoms with van der Waals surface area (Å²) in [4.78, 5) is 29.3. The minimum atomic E-state index is -1.13. The minimum Gasteiger partial charge on any atom is -0.506 e. The van der Waals surface area contributed by atoms with Crippen molar-refractivity contribution >= 4 is 23.1 Å². The van der Waals surface area contributed by atoms with Crippen LogP contribution in [0.3, 0.4) is 0 Å². The summed E-state index contributed by atoms with van der Waals surface area (Å²) >= 11 is 0. The van der Waals surface area contributed by atoms with Crippen molar-refractivity contribution in [1.82, 2.24) is 0 Å². The molecule has 0 spiro atoms. The van der Waals surface area contributed by atoms with E-state index in [0.29, 0.717) is 29.1 Å². The summed E-state index contributed by atoms with van der Waals surface area (Å²) < 4.78 is 20.9. The van der Waals surface area contributed by atoms with Crippen LogP contribution in [-0.2, 0) is 4.79 Å². The average molecular weight is 512 g/mol. The number of aromatic hydroxyl groups is 1. The number of benzene rings is 3. The highest BCUT2D eigenvalue weighted by molar-refractivity contribution is 6.12. The summed E-state index contributed by atoms with van der Waals surface area (Å²) in [7, 11) is 1.43. The number of halogens is 1. The van der Waals surface area contributed by atoms with Gasteiger partial charge in [0, 0.05) is 34.9 Å². The van der Waals surface area contributed by atoms with E-state index in [0.717, 1.165) is 0 Å². The Labute approximate surface area is 219 Å². The number of Topliss-reactive ketones (excluding diaryl/α,β-unsaturated/α-hetero) is 1. The van der Waals surface area contributed by atoms with Crippen LogP contribution in [0.4, 0.5) is 15.8 Å². The maximum absolute atomic E-state index is 15.7. The van der Waals surface area contributed by atoms with Crippen molar-refractivity contribution in [3.63, 3.8) is 0 Å². The van der Waals surface area contributed by atoms with E-state index in [2.05, 4.69) is 5.32 Å². The lowest BCUT2D eigenvalue weighted by Gasteiger charge is -2.37. The number of nitriles is 1. The lowest BCUT2D eigenvalue weighted by molar-refractivity contribution is -0.118. The molecule has 1 aliphatic heterocycles. The molecule has 0 radical (unpaired) electrons. The molecule has 2 N–H and O–H groups in total. The first-order valence-electron chi connectivity index (χ1n) is 12.2. The molecule has 2 aliphatic rings. The smallest absolute Gasteiger partial charge is 0.259 e. The Morgan fingerprint density at radius 1 is 1.16 bits per heavy atom. The number of nitrogens with zero attached hydrogens (tertiary/aromatic N) is 2. The van der Waals surface area contributed by atoms with E-state index in [1.54, 1.807) is 18.2 Å². The summed E-state index contributed by atoms with van der Waals surface area (Å²) in [6.45, 7) is 3.94. The third kappa shape index (κ3) is 4.26. The predicted molar refractivity (Wildman–Crippen MR) is 140 cm³/mol. The van der Waals surface area contributed by atoms with Crippen LogP contribution >= 0.6 is 0 Å². The largest absolute Gasteiger partial charge is 0.506 e. The zero-order valence-corrected chi connectivity index (χ0v) is 21.2. The molecule has 0 unspecified atom stereocenters. The second kappa shape index (κ2) is 9.34. The maximum Gasteiger partial charge on any atom is 0.259 e. The summed E-state index contributed by atoms with van der Waals surface area (Å²) in [5.41, 5.74) is 1.70. The number of methoxy groups -OCH3 is 1. The number of ether oxygens (including phenoxy) is 1. The standard InChI is InChI=1S/C30H26FN3O4/c1-30(2)14-22-26(25(36)15-30)28(20-12-11-19(38-3)13-21(20)31)34(23-5-4-6-24(35)27(23)33-22)29(37)18-9-7-17(16-32)8-10-18/h4-13,28,33,35H,14-15H2,1-3H3/t28-/m0/s1. The second-order valence-electron chi connectivity index (χ2n) is 10.3. The van der Waals surface area contributed by atoms with E-state index in [1.165, 1.54) is 54.5 Å². The molecule has 192 valence electrons. The molecular weight excluding hydrogens is 485 g/mol. The van der Waals surface area contributed by atoms with Crippen molar-refractivity contribution in [3.8, 4) is 17.6 Å². The van der Waals surface area contributed by atoms with Crippen LogP contribution in [0.5, 0.6) is 11.5 Å². The van der Waals surface area contributed by atoms with Crippen molar-refractivity contribution in [2.45, 2.75) is 32.7 Å². The van der Waals surface area contributed by atoms with Crippen molar-refractivity contribution in [2.24, 2.45) is 5.41 Å². The summed E-state index contributed by atoms with van der Waals surface area (Å²) in [6.07, 6.45) is 0.665. The molecule has 0 saturated heterocycles. The molecule has 1 amide bonds. The van der Waals surface area contributed by atoms with E-state index < -0.39 is 17.8 Å². The number of carbonyl (C=O) groups excluding carboxylic acids is 2. The number of carbonyl (C=O) groups is 2. The van der Waals surface area contributed by atoms with E-state index in [4.69, 9.17) is 4.74 Å². The average Bonchev–Trinajstić information content (AvgIpc) is 3.03. The fourth-order valence-corrected chi connectivity index (χ4v) is 5.24. The number of nitrogens with one attached hydrogen (secondary N) is 1. The molecular formula is C30H26FN3O4. The Morgan fingerprint density at radius 3 is 2.55 bits per heavy atom. The zero-order valence-electron chi connectivity index (χ0n) is 21.2. The van der Waals surface area contributed by atoms with Crippen molar-refractivity contribution in [1.29, 1.82) is 5.26 Å². The van der Waals surface area contributed by atoms with Crippen LogP contribution in [0.1, 0.15) is 54.2 Å². The van der Waals surface area contributed by atoms with Gasteiger partial charge in [0.1, 0.15) is 23.0 Å². The third-order valence-electron chi connectivity index (χ3n) is 6.99. The number of phenols is 1. The molecule has 0 saturated carbocycles. The molecule has 0 aromatic heterocycles. The Morgan fingerprint density at radius 2 is 1.89 bits per heavy atom. The van der Waals surface area contributed by atoms with Gasteiger partial charge in [0.25, 0.3) is 5.91 Å². The number of rotatable bonds is 3. The van der Waals surface area contributed by atoms with Gasteiger partial charge in [0.05, 0.1) is 30.5 Å². The van der Waals surface area contributed by atoms with Gasteiger partial charge in [-0.25, -0.2) is 4.39 Å². The number of hydrogen-bond acceptors (Lipinski definition) is 6. The highest BCUT2D eigenvalue weighted by atomic mass is 19.1. The number of allylic oxidation sites excluding steroid dienone is 1. The highest BCUT2D eigenvalue weighted by Gasteiger charge is 2.44. The third-order valence-corrected chi connectivity index (χ3v) is 6.99.